The molecule has 1 aromatic carbocycles. The summed E-state index contributed by atoms with van der Waals surface area (Å²) in [5.41, 5.74) is 5.99. The number of nitro benzene ring substituents is 1. The number of rotatable bonds is 6. The van der Waals surface area contributed by atoms with Crippen LogP contribution in [0.25, 0.3) is 5.69 Å². The summed E-state index contributed by atoms with van der Waals surface area (Å²) in [6.07, 6.45) is 4.21. The van der Waals surface area contributed by atoms with E-state index in [1.807, 2.05) is 0 Å². The number of nitrogens with two attached hydrogens (primary N) is 1. The zero-order valence-corrected chi connectivity index (χ0v) is 10.7. The van der Waals surface area contributed by atoms with Gasteiger partial charge in [-0.25, -0.2) is 4.68 Å². The molecule has 20 heavy (non-hydrogen) atoms. The maximum Gasteiger partial charge on any atom is 0.306 e. The van der Waals surface area contributed by atoms with Crippen LogP contribution in [-0.4, -0.2) is 26.5 Å². The van der Waals surface area contributed by atoms with E-state index in [4.69, 9.17) is 5.73 Å². The minimum absolute atomic E-state index is 0.399. The van der Waals surface area contributed by atoms with Crippen molar-refractivity contribution in [1.82, 2.24) is 15.0 Å². The Morgan fingerprint density at radius 3 is 2.90 bits per heavy atom. The number of nitro groups is 1. The monoisotopic (exact) mass is 279 g/mol. The first-order chi connectivity index (χ1) is 9.61. The zero-order valence-electron chi connectivity index (χ0n) is 10.7. The predicted octanol–water partition coefficient (Wildman–Crippen LogP) is 1.60. The summed E-state index contributed by atoms with van der Waals surface area (Å²) >= 11 is 0. The second-order valence-corrected chi connectivity index (χ2v) is 4.29. The van der Waals surface area contributed by atoms with Crippen molar-refractivity contribution >= 4 is 5.69 Å². The van der Waals surface area contributed by atoms with Crippen LogP contribution in [0.5, 0.6) is 0 Å². The van der Waals surface area contributed by atoms with E-state index in [9.17, 15) is 14.5 Å². The molecule has 2 aromatic rings. The van der Waals surface area contributed by atoms with Crippen LogP contribution in [0.2, 0.25) is 0 Å². The quantitative estimate of drug-likeness (QED) is 0.491. The van der Waals surface area contributed by atoms with Crippen LogP contribution < -0.4 is 5.73 Å². The van der Waals surface area contributed by atoms with Crippen LogP contribution in [0.3, 0.4) is 0 Å². The number of halogens is 1. The molecule has 2 rings (SSSR count). The van der Waals surface area contributed by atoms with Gasteiger partial charge in [-0.1, -0.05) is 5.21 Å². The summed E-state index contributed by atoms with van der Waals surface area (Å²) in [6, 6.07) is 3.59. The third-order valence-corrected chi connectivity index (χ3v) is 2.82. The minimum atomic E-state index is -0.873. The molecule has 8 heteroatoms. The smallest absolute Gasteiger partial charge is 0.306 e. The van der Waals surface area contributed by atoms with Crippen molar-refractivity contribution < 1.29 is 9.31 Å². The van der Waals surface area contributed by atoms with Crippen molar-refractivity contribution in [2.24, 2.45) is 5.73 Å². The lowest BCUT2D eigenvalue weighted by Gasteiger charge is -2.00. The van der Waals surface area contributed by atoms with Gasteiger partial charge in [0.15, 0.2) is 0 Å². The number of unbranched alkanes of at least 4 members (excludes halogenated alkanes) is 1. The highest BCUT2D eigenvalue weighted by Gasteiger charge is 2.15. The first kappa shape index (κ1) is 14.1. The van der Waals surface area contributed by atoms with Gasteiger partial charge < -0.3 is 5.73 Å². The molecule has 0 atom stereocenters. The summed E-state index contributed by atoms with van der Waals surface area (Å²) in [5.74, 6) is -0.873. The third-order valence-electron chi connectivity index (χ3n) is 2.82. The Bertz CT molecular complexity index is 614. The molecule has 0 spiro atoms. The summed E-state index contributed by atoms with van der Waals surface area (Å²) in [6.45, 7) is 0.623. The largest absolute Gasteiger partial charge is 0.330 e. The Balaban J connectivity index is 2.19. The minimum Gasteiger partial charge on any atom is -0.330 e. The van der Waals surface area contributed by atoms with Crippen LogP contribution in [0.1, 0.15) is 18.5 Å². The average molecular weight is 279 g/mol. The molecule has 0 fully saturated rings. The first-order valence-corrected chi connectivity index (χ1v) is 6.17. The maximum atomic E-state index is 13.2. The normalized spacial score (nSPS) is 10.7. The molecule has 0 aliphatic rings. The number of aromatic nitrogens is 3. The van der Waals surface area contributed by atoms with Gasteiger partial charge >= 0.3 is 5.69 Å². The number of nitrogens with zero attached hydrogens (tertiary/aromatic N) is 4. The van der Waals surface area contributed by atoms with E-state index in [1.54, 1.807) is 6.20 Å². The molecule has 0 aliphatic carbocycles. The van der Waals surface area contributed by atoms with Crippen molar-refractivity contribution in [1.29, 1.82) is 0 Å². The van der Waals surface area contributed by atoms with Gasteiger partial charge in [0.1, 0.15) is 0 Å². The molecule has 1 heterocycles. The Labute approximate surface area is 114 Å². The topological polar surface area (TPSA) is 99.9 Å². The summed E-state index contributed by atoms with van der Waals surface area (Å²) in [7, 11) is 0. The van der Waals surface area contributed by atoms with Crippen molar-refractivity contribution in [3.8, 4) is 5.69 Å². The molecule has 0 radical (unpaired) electrons. The Kier molecular flexibility index (Phi) is 4.36. The Morgan fingerprint density at radius 2 is 2.20 bits per heavy atom. The van der Waals surface area contributed by atoms with Crippen molar-refractivity contribution in [2.45, 2.75) is 19.3 Å². The molecule has 0 amide bonds. The van der Waals surface area contributed by atoms with E-state index in [1.165, 1.54) is 10.7 Å². The van der Waals surface area contributed by atoms with Crippen molar-refractivity contribution in [2.75, 3.05) is 6.54 Å². The molecular weight excluding hydrogens is 265 g/mol. The molecule has 0 unspecified atom stereocenters. The van der Waals surface area contributed by atoms with Gasteiger partial charge in [-0.15, -0.1) is 5.10 Å². The highest BCUT2D eigenvalue weighted by atomic mass is 19.1. The molecule has 106 valence electrons. The van der Waals surface area contributed by atoms with Gasteiger partial charge in [0, 0.05) is 6.07 Å². The lowest BCUT2D eigenvalue weighted by Crippen LogP contribution is -1.99. The van der Waals surface area contributed by atoms with Gasteiger partial charge in [0.2, 0.25) is 5.82 Å². The predicted molar refractivity (Wildman–Crippen MR) is 70.0 cm³/mol. The lowest BCUT2D eigenvalue weighted by atomic mass is 10.2. The van der Waals surface area contributed by atoms with Crippen LogP contribution in [0.15, 0.2) is 24.4 Å². The highest BCUT2D eigenvalue weighted by Crippen LogP contribution is 2.20. The number of benzene rings is 1. The average Bonchev–Trinajstić information content (AvgIpc) is 2.88. The molecule has 0 aliphatic heterocycles. The van der Waals surface area contributed by atoms with Crippen LogP contribution in [0.4, 0.5) is 10.1 Å². The van der Waals surface area contributed by atoms with Crippen LogP contribution >= 0.6 is 0 Å². The van der Waals surface area contributed by atoms with Crippen molar-refractivity contribution in [3.05, 3.63) is 46.0 Å². The van der Waals surface area contributed by atoms with E-state index < -0.39 is 16.4 Å². The molecule has 7 nitrogen and oxygen atoms in total. The zero-order chi connectivity index (χ0) is 14.5. The summed E-state index contributed by atoms with van der Waals surface area (Å²) < 4.78 is 14.6. The highest BCUT2D eigenvalue weighted by molar-refractivity contribution is 5.43. The van der Waals surface area contributed by atoms with E-state index in [0.29, 0.717) is 12.2 Å². The number of hydrogen-bond donors (Lipinski definition) is 1. The van der Waals surface area contributed by atoms with Gasteiger partial charge in [0.05, 0.1) is 22.5 Å². The summed E-state index contributed by atoms with van der Waals surface area (Å²) in [5, 5.41) is 18.5. The molecule has 0 bridgehead atoms. The standard InChI is InChI=1S/C12H14FN5O2/c13-11-5-4-10(7-12(11)18(19)20)17-8-9(15-16-17)3-1-2-6-14/h4-5,7-8H,1-3,6,14H2. The fraction of sp³-hybridized carbons (Fsp3) is 0.333. The maximum absolute atomic E-state index is 13.2. The molecular formula is C12H14FN5O2. The lowest BCUT2D eigenvalue weighted by molar-refractivity contribution is -0.387. The fourth-order valence-corrected chi connectivity index (χ4v) is 1.77. The van der Waals surface area contributed by atoms with E-state index >= 15 is 0 Å². The van der Waals surface area contributed by atoms with Gasteiger partial charge in [-0.3, -0.25) is 10.1 Å². The van der Waals surface area contributed by atoms with E-state index in [-0.39, 0.29) is 0 Å². The van der Waals surface area contributed by atoms with Gasteiger partial charge in [-0.05, 0) is 37.9 Å². The number of aryl methyl sites for hydroxylation is 1. The second kappa shape index (κ2) is 6.20. The van der Waals surface area contributed by atoms with Gasteiger partial charge in [0.25, 0.3) is 0 Å². The first-order valence-electron chi connectivity index (χ1n) is 6.17. The number of hydrogen-bond acceptors (Lipinski definition) is 5. The molecule has 0 saturated heterocycles. The van der Waals surface area contributed by atoms with E-state index in [2.05, 4.69) is 10.3 Å². The summed E-state index contributed by atoms with van der Waals surface area (Å²) in [4.78, 5) is 9.93. The Hall–Kier alpha value is -2.35. The fourth-order valence-electron chi connectivity index (χ4n) is 1.77. The third kappa shape index (κ3) is 3.15. The van der Waals surface area contributed by atoms with E-state index in [0.717, 1.165) is 37.1 Å². The van der Waals surface area contributed by atoms with Crippen molar-refractivity contribution in [3.63, 3.8) is 0 Å². The molecule has 0 saturated carbocycles. The SMILES string of the molecule is NCCCCc1cn(-c2ccc(F)c([N+](=O)[O-])c2)nn1. The second-order valence-electron chi connectivity index (χ2n) is 4.29. The van der Waals surface area contributed by atoms with Crippen LogP contribution in [-0.2, 0) is 6.42 Å². The van der Waals surface area contributed by atoms with Crippen LogP contribution in [0, 0.1) is 15.9 Å². The Morgan fingerprint density at radius 1 is 1.40 bits per heavy atom. The van der Waals surface area contributed by atoms with Gasteiger partial charge in [-0.2, -0.15) is 4.39 Å². The molecule has 1 aromatic heterocycles. The molecule has 2 N–H and O–H groups in total.